The van der Waals surface area contributed by atoms with Crippen LogP contribution < -0.4 is 10.7 Å². The molecule has 142 valence electrons. The predicted molar refractivity (Wildman–Crippen MR) is 106 cm³/mol. The Labute approximate surface area is 163 Å². The maximum Gasteiger partial charge on any atom is 0.262 e. The second kappa shape index (κ2) is 9.73. The Bertz CT molecular complexity index is 819. The van der Waals surface area contributed by atoms with Gasteiger partial charge in [-0.05, 0) is 54.3 Å². The van der Waals surface area contributed by atoms with Gasteiger partial charge in [0, 0.05) is 10.6 Å². The number of phenols is 1. The number of rotatable bonds is 7. The number of nitrogens with one attached hydrogen (secondary N) is 2. The van der Waals surface area contributed by atoms with Crippen LogP contribution in [0.25, 0.3) is 0 Å². The van der Waals surface area contributed by atoms with Crippen LogP contribution in [-0.2, 0) is 4.79 Å². The van der Waals surface area contributed by atoms with Gasteiger partial charge in [-0.2, -0.15) is 5.10 Å². The monoisotopic (exact) mass is 387 g/mol. The first-order valence-corrected chi connectivity index (χ1v) is 8.91. The van der Waals surface area contributed by atoms with E-state index in [0.717, 1.165) is 0 Å². The van der Waals surface area contributed by atoms with Crippen molar-refractivity contribution in [2.24, 2.45) is 11.0 Å². The van der Waals surface area contributed by atoms with Crippen molar-refractivity contribution < 1.29 is 14.7 Å². The highest BCUT2D eigenvalue weighted by Gasteiger charge is 2.22. The van der Waals surface area contributed by atoms with Crippen molar-refractivity contribution in [3.63, 3.8) is 0 Å². The van der Waals surface area contributed by atoms with Crippen LogP contribution in [0.5, 0.6) is 5.75 Å². The second-order valence-corrected chi connectivity index (χ2v) is 6.93. The summed E-state index contributed by atoms with van der Waals surface area (Å²) >= 11 is 5.83. The van der Waals surface area contributed by atoms with Gasteiger partial charge < -0.3 is 10.4 Å². The summed E-state index contributed by atoms with van der Waals surface area (Å²) in [6.45, 7) is 3.93. The van der Waals surface area contributed by atoms with Crippen LogP contribution >= 0.6 is 11.6 Å². The molecule has 1 unspecified atom stereocenters. The lowest BCUT2D eigenvalue weighted by molar-refractivity contribution is -0.123. The van der Waals surface area contributed by atoms with Gasteiger partial charge in [0.1, 0.15) is 11.8 Å². The molecule has 7 heteroatoms. The Morgan fingerprint density at radius 2 is 1.89 bits per heavy atom. The molecule has 2 aromatic carbocycles. The largest absolute Gasteiger partial charge is 0.508 e. The number of carbonyl (C=O) groups is 2. The van der Waals surface area contributed by atoms with E-state index in [0.29, 0.717) is 22.6 Å². The average Bonchev–Trinajstić information content (AvgIpc) is 2.61. The molecule has 3 N–H and O–H groups in total. The molecule has 2 rings (SSSR count). The van der Waals surface area contributed by atoms with E-state index in [1.807, 2.05) is 13.8 Å². The molecule has 0 spiro atoms. The predicted octanol–water partition coefficient (Wildman–Crippen LogP) is 3.34. The minimum Gasteiger partial charge on any atom is -0.508 e. The number of halogens is 1. The third kappa shape index (κ3) is 6.75. The van der Waals surface area contributed by atoms with Gasteiger partial charge in [0.15, 0.2) is 0 Å². The zero-order chi connectivity index (χ0) is 19.8. The summed E-state index contributed by atoms with van der Waals surface area (Å²) in [5.41, 5.74) is 3.50. The van der Waals surface area contributed by atoms with Crippen LogP contribution in [0.4, 0.5) is 0 Å². The van der Waals surface area contributed by atoms with Crippen LogP contribution in [0.15, 0.2) is 53.6 Å². The summed E-state index contributed by atoms with van der Waals surface area (Å²) in [5.74, 6) is -0.466. The Balaban J connectivity index is 2.02. The van der Waals surface area contributed by atoms with Crippen molar-refractivity contribution in [3.8, 4) is 5.75 Å². The molecule has 0 aliphatic rings. The molecule has 0 aliphatic carbocycles. The van der Waals surface area contributed by atoms with E-state index >= 15 is 0 Å². The molecule has 1 atom stereocenters. The third-order valence-electron chi connectivity index (χ3n) is 3.69. The van der Waals surface area contributed by atoms with Gasteiger partial charge in [-0.3, -0.25) is 9.59 Å². The van der Waals surface area contributed by atoms with Crippen molar-refractivity contribution in [2.45, 2.75) is 26.3 Å². The fraction of sp³-hybridized carbons (Fsp3) is 0.250. The molecule has 0 bridgehead atoms. The lowest BCUT2D eigenvalue weighted by Crippen LogP contribution is -2.46. The van der Waals surface area contributed by atoms with Crippen molar-refractivity contribution >= 4 is 29.6 Å². The highest BCUT2D eigenvalue weighted by molar-refractivity contribution is 6.30. The molecule has 0 fully saturated rings. The first-order chi connectivity index (χ1) is 12.8. The molecule has 27 heavy (non-hydrogen) atoms. The molecule has 6 nitrogen and oxygen atoms in total. The molecular weight excluding hydrogens is 366 g/mol. The Hall–Kier alpha value is -2.86. The number of phenolic OH excluding ortho intramolecular Hbond substituents is 1. The first-order valence-electron chi connectivity index (χ1n) is 8.53. The van der Waals surface area contributed by atoms with Crippen molar-refractivity contribution in [2.75, 3.05) is 0 Å². The molecule has 0 radical (unpaired) electrons. The number of aromatic hydroxyl groups is 1. The number of hydrogen-bond acceptors (Lipinski definition) is 4. The number of hydrazone groups is 1. The average molecular weight is 388 g/mol. The van der Waals surface area contributed by atoms with E-state index in [1.165, 1.54) is 12.3 Å². The molecule has 0 heterocycles. The Kier molecular flexibility index (Phi) is 7.37. The molecular formula is C20H22ClN3O3. The standard InChI is InChI=1S/C20H22ClN3O3/c1-13(2)10-18(23-19(26)15-6-8-16(21)9-7-15)20(27)24-22-12-14-4-3-5-17(25)11-14/h3-9,11-13,18,25H,10H2,1-2H3,(H,23,26)(H,24,27). The molecule has 2 amide bonds. The molecule has 0 saturated carbocycles. The number of nitrogens with zero attached hydrogens (tertiary/aromatic N) is 1. The molecule has 0 saturated heterocycles. The Morgan fingerprint density at radius 1 is 1.19 bits per heavy atom. The van der Waals surface area contributed by atoms with Gasteiger partial charge in [0.25, 0.3) is 11.8 Å². The van der Waals surface area contributed by atoms with Crippen LogP contribution in [0.3, 0.4) is 0 Å². The van der Waals surface area contributed by atoms with Gasteiger partial charge in [-0.25, -0.2) is 5.43 Å². The van der Waals surface area contributed by atoms with Crippen LogP contribution in [0, 0.1) is 5.92 Å². The SMILES string of the molecule is CC(C)CC(NC(=O)c1ccc(Cl)cc1)C(=O)NN=Cc1cccc(O)c1. The lowest BCUT2D eigenvalue weighted by Gasteiger charge is -2.19. The number of amides is 2. The van der Waals surface area contributed by atoms with E-state index < -0.39 is 11.9 Å². The van der Waals surface area contributed by atoms with Crippen LogP contribution in [0.1, 0.15) is 36.2 Å². The minimum atomic E-state index is -0.727. The van der Waals surface area contributed by atoms with E-state index in [9.17, 15) is 14.7 Å². The Morgan fingerprint density at radius 3 is 2.52 bits per heavy atom. The summed E-state index contributed by atoms with van der Waals surface area (Å²) in [7, 11) is 0. The fourth-order valence-electron chi connectivity index (χ4n) is 2.40. The maximum absolute atomic E-state index is 12.4. The van der Waals surface area contributed by atoms with Gasteiger partial charge in [0.05, 0.1) is 6.21 Å². The van der Waals surface area contributed by atoms with Gasteiger partial charge in [-0.1, -0.05) is 37.6 Å². The topological polar surface area (TPSA) is 90.8 Å². The van der Waals surface area contributed by atoms with E-state index in [4.69, 9.17) is 11.6 Å². The first kappa shape index (κ1) is 20.5. The molecule has 0 aliphatic heterocycles. The third-order valence-corrected chi connectivity index (χ3v) is 3.95. The van der Waals surface area contributed by atoms with Crippen LogP contribution in [-0.4, -0.2) is 29.2 Å². The van der Waals surface area contributed by atoms with Crippen molar-refractivity contribution in [1.29, 1.82) is 0 Å². The van der Waals surface area contributed by atoms with Crippen LogP contribution in [0.2, 0.25) is 5.02 Å². The van der Waals surface area contributed by atoms with E-state index in [1.54, 1.807) is 42.5 Å². The number of benzene rings is 2. The normalized spacial score (nSPS) is 12.1. The highest BCUT2D eigenvalue weighted by Crippen LogP contribution is 2.11. The quantitative estimate of drug-likeness (QED) is 0.502. The second-order valence-electron chi connectivity index (χ2n) is 6.49. The summed E-state index contributed by atoms with van der Waals surface area (Å²) in [6.07, 6.45) is 1.89. The van der Waals surface area contributed by atoms with Gasteiger partial charge in [0.2, 0.25) is 0 Å². The zero-order valence-corrected chi connectivity index (χ0v) is 15.9. The number of carbonyl (C=O) groups excluding carboxylic acids is 2. The van der Waals surface area contributed by atoms with Gasteiger partial charge in [-0.15, -0.1) is 0 Å². The molecule has 2 aromatic rings. The van der Waals surface area contributed by atoms with Crippen molar-refractivity contribution in [1.82, 2.24) is 10.7 Å². The van der Waals surface area contributed by atoms with Crippen molar-refractivity contribution in [3.05, 3.63) is 64.7 Å². The van der Waals surface area contributed by atoms with E-state index in [2.05, 4.69) is 15.8 Å². The minimum absolute atomic E-state index is 0.109. The summed E-state index contributed by atoms with van der Waals surface area (Å²) in [5, 5.41) is 16.6. The highest BCUT2D eigenvalue weighted by atomic mass is 35.5. The summed E-state index contributed by atoms with van der Waals surface area (Å²) in [6, 6.07) is 12.2. The number of hydrogen-bond donors (Lipinski definition) is 3. The molecule has 0 aromatic heterocycles. The van der Waals surface area contributed by atoms with Gasteiger partial charge >= 0.3 is 0 Å². The summed E-state index contributed by atoms with van der Waals surface area (Å²) < 4.78 is 0. The summed E-state index contributed by atoms with van der Waals surface area (Å²) in [4.78, 5) is 24.8. The fourth-order valence-corrected chi connectivity index (χ4v) is 2.53. The smallest absolute Gasteiger partial charge is 0.262 e. The van der Waals surface area contributed by atoms with E-state index in [-0.39, 0.29) is 17.6 Å². The zero-order valence-electron chi connectivity index (χ0n) is 15.1. The lowest BCUT2D eigenvalue weighted by atomic mass is 10.0. The maximum atomic E-state index is 12.4.